The van der Waals surface area contributed by atoms with Crippen molar-refractivity contribution in [3.8, 4) is 11.9 Å². The molecule has 0 bridgehead atoms. The highest BCUT2D eigenvalue weighted by atomic mass is 16.5. The summed E-state index contributed by atoms with van der Waals surface area (Å²) in [5.74, 6) is 0.545. The Kier molecular flexibility index (Phi) is 3.24. The van der Waals surface area contributed by atoms with Crippen LogP contribution in [0, 0.1) is 0 Å². The van der Waals surface area contributed by atoms with E-state index in [1.807, 2.05) is 13.8 Å². The van der Waals surface area contributed by atoms with Gasteiger partial charge in [0.1, 0.15) is 6.10 Å². The number of nitrogens with zero attached hydrogens (tertiary/aromatic N) is 2. The lowest BCUT2D eigenvalue weighted by Crippen LogP contribution is -2.43. The van der Waals surface area contributed by atoms with Gasteiger partial charge in [0.25, 0.3) is 0 Å². The van der Waals surface area contributed by atoms with Crippen molar-refractivity contribution in [2.24, 2.45) is 5.73 Å². The molecule has 5 heteroatoms. The van der Waals surface area contributed by atoms with Crippen molar-refractivity contribution in [3.05, 3.63) is 12.3 Å². The maximum absolute atomic E-state index is 5.67. The number of rotatable bonds is 4. The SMILES string of the molecule is CC(C)Oc1ccnc(OC2CC(N)C2)n1. The van der Waals surface area contributed by atoms with Crippen molar-refractivity contribution in [1.29, 1.82) is 0 Å². The summed E-state index contributed by atoms with van der Waals surface area (Å²) in [4.78, 5) is 8.20. The zero-order chi connectivity index (χ0) is 11.5. The average molecular weight is 223 g/mol. The van der Waals surface area contributed by atoms with Crippen LogP contribution in [0.5, 0.6) is 11.9 Å². The second-order valence-corrected chi connectivity index (χ2v) is 4.32. The normalized spacial score (nSPS) is 24.0. The Morgan fingerprint density at radius 1 is 1.44 bits per heavy atom. The number of aromatic nitrogens is 2. The van der Waals surface area contributed by atoms with E-state index in [1.54, 1.807) is 12.3 Å². The Hall–Kier alpha value is -1.36. The van der Waals surface area contributed by atoms with E-state index in [-0.39, 0.29) is 18.2 Å². The fourth-order valence-corrected chi connectivity index (χ4v) is 1.54. The Labute approximate surface area is 95.0 Å². The van der Waals surface area contributed by atoms with E-state index in [4.69, 9.17) is 15.2 Å². The fourth-order valence-electron chi connectivity index (χ4n) is 1.54. The van der Waals surface area contributed by atoms with Crippen molar-refractivity contribution in [1.82, 2.24) is 9.97 Å². The lowest BCUT2D eigenvalue weighted by atomic mass is 9.90. The zero-order valence-corrected chi connectivity index (χ0v) is 9.59. The molecule has 5 nitrogen and oxygen atoms in total. The molecule has 1 aliphatic rings. The van der Waals surface area contributed by atoms with Gasteiger partial charge in [-0.1, -0.05) is 0 Å². The Bertz CT molecular complexity index is 351. The van der Waals surface area contributed by atoms with Gasteiger partial charge in [0.05, 0.1) is 6.10 Å². The van der Waals surface area contributed by atoms with Gasteiger partial charge in [-0.25, -0.2) is 4.98 Å². The third-order valence-electron chi connectivity index (χ3n) is 2.37. The molecule has 0 spiro atoms. The summed E-state index contributed by atoms with van der Waals surface area (Å²) in [6.07, 6.45) is 3.64. The van der Waals surface area contributed by atoms with Gasteiger partial charge >= 0.3 is 6.01 Å². The summed E-state index contributed by atoms with van der Waals surface area (Å²) >= 11 is 0. The standard InChI is InChI=1S/C11H17N3O2/c1-7(2)15-10-3-4-13-11(14-10)16-9-5-8(12)6-9/h3-4,7-9H,5-6,12H2,1-2H3. The number of hydrogen-bond donors (Lipinski definition) is 1. The second kappa shape index (κ2) is 4.65. The summed E-state index contributed by atoms with van der Waals surface area (Å²) < 4.78 is 11.0. The molecule has 0 unspecified atom stereocenters. The van der Waals surface area contributed by atoms with Crippen LogP contribution in [0.3, 0.4) is 0 Å². The first-order valence-electron chi connectivity index (χ1n) is 5.55. The molecule has 88 valence electrons. The minimum Gasteiger partial charge on any atom is -0.475 e. The molecule has 0 radical (unpaired) electrons. The first-order valence-corrected chi connectivity index (χ1v) is 5.55. The van der Waals surface area contributed by atoms with E-state index >= 15 is 0 Å². The fraction of sp³-hybridized carbons (Fsp3) is 0.636. The Balaban J connectivity index is 1.93. The van der Waals surface area contributed by atoms with Crippen LogP contribution in [-0.4, -0.2) is 28.2 Å². The van der Waals surface area contributed by atoms with Crippen LogP contribution in [0.25, 0.3) is 0 Å². The number of nitrogens with two attached hydrogens (primary N) is 1. The van der Waals surface area contributed by atoms with Gasteiger partial charge in [0.15, 0.2) is 0 Å². The highest BCUT2D eigenvalue weighted by Crippen LogP contribution is 2.23. The third-order valence-corrected chi connectivity index (χ3v) is 2.37. The van der Waals surface area contributed by atoms with Gasteiger partial charge in [-0.3, -0.25) is 0 Å². The van der Waals surface area contributed by atoms with Crippen LogP contribution < -0.4 is 15.2 Å². The monoisotopic (exact) mass is 223 g/mol. The van der Waals surface area contributed by atoms with Crippen LogP contribution in [-0.2, 0) is 0 Å². The molecule has 1 aromatic heterocycles. The van der Waals surface area contributed by atoms with Crippen molar-refractivity contribution in [2.45, 2.75) is 44.9 Å². The molecule has 1 heterocycles. The molecule has 2 N–H and O–H groups in total. The lowest BCUT2D eigenvalue weighted by Gasteiger charge is -2.31. The molecule has 1 fully saturated rings. The van der Waals surface area contributed by atoms with Gasteiger partial charge in [-0.15, -0.1) is 0 Å². The van der Waals surface area contributed by atoms with Gasteiger partial charge < -0.3 is 15.2 Å². The zero-order valence-electron chi connectivity index (χ0n) is 9.59. The quantitative estimate of drug-likeness (QED) is 0.828. The van der Waals surface area contributed by atoms with E-state index in [1.165, 1.54) is 0 Å². The lowest BCUT2D eigenvalue weighted by molar-refractivity contribution is 0.0887. The van der Waals surface area contributed by atoms with Crippen molar-refractivity contribution in [2.75, 3.05) is 0 Å². The van der Waals surface area contributed by atoms with Gasteiger partial charge in [0.2, 0.25) is 5.88 Å². The number of ether oxygens (including phenoxy) is 2. The molecule has 0 atom stereocenters. The summed E-state index contributed by atoms with van der Waals surface area (Å²) in [6.45, 7) is 3.90. The van der Waals surface area contributed by atoms with Crippen molar-refractivity contribution >= 4 is 0 Å². The molecule has 16 heavy (non-hydrogen) atoms. The first kappa shape index (κ1) is 11.1. The van der Waals surface area contributed by atoms with Crippen LogP contribution >= 0.6 is 0 Å². The third kappa shape index (κ3) is 2.82. The minimum absolute atomic E-state index is 0.0971. The molecule has 0 amide bonds. The van der Waals surface area contributed by atoms with Crippen LogP contribution in [0.4, 0.5) is 0 Å². The summed E-state index contributed by atoms with van der Waals surface area (Å²) in [5, 5.41) is 0. The highest BCUT2D eigenvalue weighted by molar-refractivity contribution is 5.12. The van der Waals surface area contributed by atoms with Gasteiger partial charge in [0, 0.05) is 18.3 Å². The molecule has 1 saturated carbocycles. The van der Waals surface area contributed by atoms with E-state index in [0.29, 0.717) is 11.9 Å². The van der Waals surface area contributed by atoms with E-state index < -0.39 is 0 Å². The Morgan fingerprint density at radius 3 is 2.81 bits per heavy atom. The summed E-state index contributed by atoms with van der Waals surface area (Å²) in [6, 6.07) is 2.36. The van der Waals surface area contributed by atoms with Crippen LogP contribution in [0.1, 0.15) is 26.7 Å². The van der Waals surface area contributed by atoms with Crippen molar-refractivity contribution in [3.63, 3.8) is 0 Å². The first-order chi connectivity index (χ1) is 7.63. The summed E-state index contributed by atoms with van der Waals surface area (Å²) in [5.41, 5.74) is 5.67. The number of hydrogen-bond acceptors (Lipinski definition) is 5. The smallest absolute Gasteiger partial charge is 0.319 e. The van der Waals surface area contributed by atoms with Crippen molar-refractivity contribution < 1.29 is 9.47 Å². The second-order valence-electron chi connectivity index (χ2n) is 4.32. The van der Waals surface area contributed by atoms with E-state index in [9.17, 15) is 0 Å². The molecule has 0 saturated heterocycles. The molecule has 1 aliphatic carbocycles. The molecular formula is C11H17N3O2. The predicted octanol–water partition coefficient (Wildman–Crippen LogP) is 1.13. The molecular weight excluding hydrogens is 206 g/mol. The predicted molar refractivity (Wildman–Crippen MR) is 59.4 cm³/mol. The maximum Gasteiger partial charge on any atom is 0.319 e. The average Bonchev–Trinajstić information content (AvgIpc) is 2.15. The topological polar surface area (TPSA) is 70.3 Å². The van der Waals surface area contributed by atoms with Gasteiger partial charge in [-0.2, -0.15) is 4.98 Å². The molecule has 2 rings (SSSR count). The summed E-state index contributed by atoms with van der Waals surface area (Å²) in [7, 11) is 0. The maximum atomic E-state index is 5.67. The minimum atomic E-state index is 0.0971. The molecule has 1 aromatic rings. The van der Waals surface area contributed by atoms with E-state index in [2.05, 4.69) is 9.97 Å². The Morgan fingerprint density at radius 2 is 2.19 bits per heavy atom. The highest BCUT2D eigenvalue weighted by Gasteiger charge is 2.28. The van der Waals surface area contributed by atoms with Crippen LogP contribution in [0.15, 0.2) is 12.3 Å². The van der Waals surface area contributed by atoms with Gasteiger partial charge in [-0.05, 0) is 26.7 Å². The molecule has 0 aliphatic heterocycles. The van der Waals surface area contributed by atoms with E-state index in [0.717, 1.165) is 12.8 Å². The molecule has 0 aromatic carbocycles. The van der Waals surface area contributed by atoms with Crippen LogP contribution in [0.2, 0.25) is 0 Å². The largest absolute Gasteiger partial charge is 0.475 e.